The highest BCUT2D eigenvalue weighted by atomic mass is 19.4. The number of ketones is 1. The van der Waals surface area contributed by atoms with Crippen LogP contribution < -0.4 is 11.1 Å². The molecule has 10 heteroatoms. The summed E-state index contributed by atoms with van der Waals surface area (Å²) in [6, 6.07) is 10.6. The summed E-state index contributed by atoms with van der Waals surface area (Å²) in [6.45, 7) is 2.93. The van der Waals surface area contributed by atoms with Gasteiger partial charge in [-0.1, -0.05) is 76.0 Å². The largest absolute Gasteiger partial charge is 0.418 e. The molecule has 2 heterocycles. The van der Waals surface area contributed by atoms with E-state index in [1.165, 1.54) is 37.9 Å². The number of nitrogens with one attached hydrogen (secondary N) is 1. The average Bonchev–Trinajstić information content (AvgIpc) is 3.60. The number of halogens is 5. The Hall–Kier alpha value is -3.01. The van der Waals surface area contributed by atoms with E-state index in [1.807, 2.05) is 18.2 Å². The monoisotopic (exact) mass is 785 g/mol. The molecule has 3 unspecified atom stereocenters. The molecule has 0 aromatic heterocycles. The molecule has 2 aromatic carbocycles. The van der Waals surface area contributed by atoms with E-state index in [0.717, 1.165) is 114 Å². The number of nitrogens with two attached hydrogens (primary N) is 1. The first kappa shape index (κ1) is 42.6. The molecule has 1 amide bonds. The van der Waals surface area contributed by atoms with Gasteiger partial charge in [-0.25, -0.2) is 8.78 Å². The summed E-state index contributed by atoms with van der Waals surface area (Å²) in [7, 11) is 0. The first-order chi connectivity index (χ1) is 26.7. The normalized spacial score (nSPS) is 25.7. The number of hydrogen-bond acceptors (Lipinski definition) is 4. The van der Waals surface area contributed by atoms with Crippen molar-refractivity contribution in [2.45, 2.75) is 160 Å². The standard InChI is InChI=1S/C46H64F5N3O2/c1-45(47,48)39-28-34(29-40(43(39)52)46(49,50)51)27-36(42(55)24-21-32-10-8-13-38(23-20-32)54-25-6-7-26-54)12-3-2-9-31-15-17-33(18-16-31)19-22-37-30-35-11-4-5-14-41(35)53-44(37)56/h4-5,11,14,28-29,31-33,36-38H,2-3,6-10,12-13,15-27,30,52H2,1H3,(H,53,56)/t31?,32?,33?,36-,37?,38?/m1/s1. The number of para-hydroxylation sites is 1. The predicted octanol–water partition coefficient (Wildman–Crippen LogP) is 11.9. The van der Waals surface area contributed by atoms with Crippen molar-refractivity contribution < 1.29 is 31.5 Å². The summed E-state index contributed by atoms with van der Waals surface area (Å²) >= 11 is 0. The fourth-order valence-corrected chi connectivity index (χ4v) is 10.5. The Morgan fingerprint density at radius 3 is 2.20 bits per heavy atom. The zero-order chi connectivity index (χ0) is 39.9. The first-order valence-electron chi connectivity index (χ1n) is 21.8. The third-order valence-corrected chi connectivity index (χ3v) is 13.9. The van der Waals surface area contributed by atoms with E-state index in [4.69, 9.17) is 5.73 Å². The summed E-state index contributed by atoms with van der Waals surface area (Å²) in [5.74, 6) is -2.21. The number of hydrogen-bond donors (Lipinski definition) is 2. The van der Waals surface area contributed by atoms with Crippen LogP contribution in [-0.4, -0.2) is 35.7 Å². The Morgan fingerprint density at radius 1 is 0.821 bits per heavy atom. The molecule has 6 rings (SSSR count). The Morgan fingerprint density at radius 2 is 1.48 bits per heavy atom. The van der Waals surface area contributed by atoms with Crippen molar-refractivity contribution in [3.05, 3.63) is 58.7 Å². The highest BCUT2D eigenvalue weighted by Crippen LogP contribution is 2.42. The molecule has 1 saturated heterocycles. The fraction of sp³-hybridized carbons (Fsp3) is 0.696. The lowest BCUT2D eigenvalue weighted by molar-refractivity contribution is -0.137. The number of likely N-dealkylation sites (tertiary alicyclic amines) is 1. The summed E-state index contributed by atoms with van der Waals surface area (Å²) in [4.78, 5) is 29.3. The van der Waals surface area contributed by atoms with E-state index in [-0.39, 0.29) is 29.6 Å². The van der Waals surface area contributed by atoms with Crippen LogP contribution >= 0.6 is 0 Å². The Kier molecular flexibility index (Phi) is 14.6. The number of anilines is 2. The summed E-state index contributed by atoms with van der Waals surface area (Å²) in [5.41, 5.74) is 4.87. The highest BCUT2D eigenvalue weighted by molar-refractivity contribution is 5.95. The van der Waals surface area contributed by atoms with Crippen molar-refractivity contribution in [2.24, 2.45) is 29.6 Å². The molecule has 4 aliphatic rings. The maximum atomic E-state index is 14.6. The van der Waals surface area contributed by atoms with Gasteiger partial charge in [-0.15, -0.1) is 0 Å². The summed E-state index contributed by atoms with van der Waals surface area (Å²) < 4.78 is 71.1. The third kappa shape index (κ3) is 11.6. The van der Waals surface area contributed by atoms with E-state index >= 15 is 0 Å². The minimum atomic E-state index is -4.89. The fourth-order valence-electron chi connectivity index (χ4n) is 10.5. The molecular weight excluding hydrogens is 722 g/mol. The Bertz CT molecular complexity index is 1570. The average molecular weight is 786 g/mol. The number of alkyl halides is 5. The zero-order valence-corrected chi connectivity index (χ0v) is 33.4. The van der Waals surface area contributed by atoms with E-state index < -0.39 is 34.8 Å². The van der Waals surface area contributed by atoms with Crippen molar-refractivity contribution in [1.82, 2.24) is 4.90 Å². The van der Waals surface area contributed by atoms with Gasteiger partial charge in [0.05, 0.1) is 11.3 Å². The number of carbonyl (C=O) groups is 2. The van der Waals surface area contributed by atoms with Gasteiger partial charge in [0.15, 0.2) is 0 Å². The molecule has 2 aliphatic heterocycles. The third-order valence-electron chi connectivity index (χ3n) is 13.9. The van der Waals surface area contributed by atoms with Gasteiger partial charge in [-0.3, -0.25) is 9.59 Å². The smallest absolute Gasteiger partial charge is 0.398 e. The zero-order valence-electron chi connectivity index (χ0n) is 33.4. The number of fused-ring (bicyclic) bond motifs is 1. The van der Waals surface area contributed by atoms with Crippen molar-refractivity contribution >= 4 is 23.1 Å². The van der Waals surface area contributed by atoms with E-state index in [2.05, 4.69) is 16.3 Å². The van der Waals surface area contributed by atoms with Crippen LogP contribution in [0, 0.1) is 29.6 Å². The second kappa shape index (κ2) is 19.2. The maximum absolute atomic E-state index is 14.6. The number of rotatable bonds is 16. The van der Waals surface area contributed by atoms with Crippen molar-refractivity contribution in [1.29, 1.82) is 0 Å². The van der Waals surface area contributed by atoms with E-state index in [9.17, 15) is 31.5 Å². The van der Waals surface area contributed by atoms with Gasteiger partial charge in [-0.2, -0.15) is 13.2 Å². The molecule has 3 fully saturated rings. The minimum absolute atomic E-state index is 0.00266. The second-order valence-corrected chi connectivity index (χ2v) is 18.0. The molecule has 56 heavy (non-hydrogen) atoms. The number of unbranched alkanes of at least 4 members (excludes halogenated alkanes) is 1. The van der Waals surface area contributed by atoms with E-state index in [0.29, 0.717) is 43.6 Å². The number of nitrogen functional groups attached to an aromatic ring is 1. The Balaban J connectivity index is 1.01. The Labute approximate surface area is 331 Å². The molecule has 0 spiro atoms. The number of benzene rings is 2. The summed E-state index contributed by atoms with van der Waals surface area (Å²) in [6.07, 6.45) is 15.1. The van der Waals surface area contributed by atoms with Crippen LogP contribution in [-0.2, 0) is 34.5 Å². The molecule has 3 N–H and O–H groups in total. The van der Waals surface area contributed by atoms with Crippen LogP contribution in [0.4, 0.5) is 33.3 Å². The molecule has 4 atom stereocenters. The lowest BCUT2D eigenvalue weighted by Crippen LogP contribution is -2.32. The quantitative estimate of drug-likeness (QED) is 0.0769. The number of amides is 1. The molecule has 0 radical (unpaired) electrons. The van der Waals surface area contributed by atoms with Crippen LogP contribution in [0.3, 0.4) is 0 Å². The molecule has 2 aromatic rings. The second-order valence-electron chi connectivity index (χ2n) is 18.0. The molecule has 2 saturated carbocycles. The molecule has 5 nitrogen and oxygen atoms in total. The van der Waals surface area contributed by atoms with Gasteiger partial charge in [0.25, 0.3) is 5.92 Å². The summed E-state index contributed by atoms with van der Waals surface area (Å²) in [5, 5.41) is 3.07. The number of Topliss-reactive ketones (excluding diaryl/α,β-unsaturated/α-hetero) is 1. The lowest BCUT2D eigenvalue weighted by atomic mass is 9.76. The van der Waals surface area contributed by atoms with Crippen LogP contribution in [0.25, 0.3) is 0 Å². The number of carbonyl (C=O) groups excluding carboxylic acids is 2. The maximum Gasteiger partial charge on any atom is 0.418 e. The lowest BCUT2D eigenvalue weighted by Gasteiger charge is -2.30. The van der Waals surface area contributed by atoms with Crippen molar-refractivity contribution in [3.63, 3.8) is 0 Å². The van der Waals surface area contributed by atoms with Crippen molar-refractivity contribution in [2.75, 3.05) is 24.1 Å². The molecular formula is C46H64F5N3O2. The van der Waals surface area contributed by atoms with Gasteiger partial charge in [0, 0.05) is 42.5 Å². The minimum Gasteiger partial charge on any atom is -0.398 e. The van der Waals surface area contributed by atoms with Crippen LogP contribution in [0.15, 0.2) is 36.4 Å². The van der Waals surface area contributed by atoms with Crippen LogP contribution in [0.5, 0.6) is 0 Å². The van der Waals surface area contributed by atoms with Gasteiger partial charge in [0.1, 0.15) is 5.78 Å². The first-order valence-corrected chi connectivity index (χ1v) is 21.8. The topological polar surface area (TPSA) is 75.4 Å². The predicted molar refractivity (Wildman–Crippen MR) is 213 cm³/mol. The molecule has 2 aliphatic carbocycles. The van der Waals surface area contributed by atoms with Gasteiger partial charge in [0.2, 0.25) is 5.91 Å². The van der Waals surface area contributed by atoms with Crippen molar-refractivity contribution in [3.8, 4) is 0 Å². The number of nitrogens with zero attached hydrogens (tertiary/aromatic N) is 1. The van der Waals surface area contributed by atoms with Crippen LogP contribution in [0.1, 0.15) is 151 Å². The van der Waals surface area contributed by atoms with Gasteiger partial charge in [-0.05, 0) is 131 Å². The molecule has 310 valence electrons. The van der Waals surface area contributed by atoms with Gasteiger partial charge >= 0.3 is 6.18 Å². The SMILES string of the molecule is CC(F)(F)c1cc(C[C@@H](CCCCC2CCC(CCC3Cc4ccccc4NC3=O)CC2)C(=O)CCC2CCCC(N3CCCC3)CC2)cc(C(F)(F)F)c1N. The van der Waals surface area contributed by atoms with E-state index in [1.54, 1.807) is 0 Å². The van der Waals surface area contributed by atoms with Crippen LogP contribution in [0.2, 0.25) is 0 Å². The molecule has 0 bridgehead atoms. The highest BCUT2D eigenvalue weighted by Gasteiger charge is 2.39. The van der Waals surface area contributed by atoms with Gasteiger partial charge < -0.3 is 16.0 Å².